The molecule has 1 aromatic rings. The van der Waals surface area contributed by atoms with Crippen LogP contribution in [0.3, 0.4) is 0 Å². The van der Waals surface area contributed by atoms with Crippen molar-refractivity contribution in [2.24, 2.45) is 0 Å². The first kappa shape index (κ1) is 12.9. The third kappa shape index (κ3) is 2.24. The summed E-state index contributed by atoms with van der Waals surface area (Å²) < 4.78 is -1.88. The highest BCUT2D eigenvalue weighted by Crippen LogP contribution is 2.45. The molecule has 5 heteroatoms. The van der Waals surface area contributed by atoms with Gasteiger partial charge in [0, 0.05) is 0 Å². The predicted octanol–water partition coefficient (Wildman–Crippen LogP) is 3.06. The molecule has 0 bridgehead atoms. The van der Waals surface area contributed by atoms with Crippen LogP contribution in [-0.2, 0) is 0 Å². The molecule has 2 rings (SSSR count). The minimum Gasteiger partial charge on any atom is -0.359 e. The zero-order chi connectivity index (χ0) is 12.7. The van der Waals surface area contributed by atoms with Gasteiger partial charge >= 0.3 is 0 Å². The molecule has 0 amide bonds. The van der Waals surface area contributed by atoms with Gasteiger partial charge in [0.1, 0.15) is 0 Å². The number of hydrogen-bond donors (Lipinski definition) is 2. The van der Waals surface area contributed by atoms with Crippen LogP contribution in [0.25, 0.3) is 5.57 Å². The molecule has 0 fully saturated rings. The Hall–Kier alpha value is -0.510. The number of hydrogen-bond acceptors (Lipinski definition) is 2. The number of allylic oxidation sites excluding steroid dienone is 2. The maximum Gasteiger partial charge on any atom is 0.238 e. The first-order chi connectivity index (χ1) is 7.84. The molecule has 1 aromatic carbocycles. The average Bonchev–Trinajstić information content (AvgIpc) is 2.27. The van der Waals surface area contributed by atoms with Crippen LogP contribution < -0.4 is 0 Å². The fourth-order valence-electron chi connectivity index (χ4n) is 1.53. The SMILES string of the molecule is OC1(O)C(Cl)=CC(c2ccccc2)=CC1(Cl)Cl. The molecule has 0 saturated carbocycles. The van der Waals surface area contributed by atoms with Crippen molar-refractivity contribution in [3.05, 3.63) is 53.1 Å². The van der Waals surface area contributed by atoms with Crippen molar-refractivity contribution in [3.63, 3.8) is 0 Å². The third-order valence-electron chi connectivity index (χ3n) is 2.52. The van der Waals surface area contributed by atoms with Gasteiger partial charge in [0.15, 0.2) is 4.33 Å². The molecule has 1 aliphatic carbocycles. The molecular formula is C12H9Cl3O2. The molecule has 0 unspecified atom stereocenters. The van der Waals surface area contributed by atoms with E-state index < -0.39 is 10.1 Å². The largest absolute Gasteiger partial charge is 0.359 e. The lowest BCUT2D eigenvalue weighted by atomic mass is 9.95. The Bertz CT molecular complexity index is 490. The van der Waals surface area contributed by atoms with E-state index in [1.165, 1.54) is 12.2 Å². The number of alkyl halides is 2. The van der Waals surface area contributed by atoms with Gasteiger partial charge in [-0.3, -0.25) is 0 Å². The highest BCUT2D eigenvalue weighted by molar-refractivity contribution is 6.52. The molecule has 0 aromatic heterocycles. The minimum absolute atomic E-state index is 0.219. The van der Waals surface area contributed by atoms with Crippen LogP contribution in [0.4, 0.5) is 0 Å². The summed E-state index contributed by atoms with van der Waals surface area (Å²) in [5.74, 6) is -2.48. The van der Waals surface area contributed by atoms with Crippen LogP contribution >= 0.6 is 34.8 Å². The van der Waals surface area contributed by atoms with Gasteiger partial charge in [0.2, 0.25) is 5.79 Å². The first-order valence-corrected chi connectivity index (χ1v) is 5.96. The Morgan fingerprint density at radius 3 is 2.12 bits per heavy atom. The molecule has 17 heavy (non-hydrogen) atoms. The van der Waals surface area contributed by atoms with Gasteiger partial charge in [0.05, 0.1) is 5.03 Å². The molecule has 0 aliphatic heterocycles. The van der Waals surface area contributed by atoms with Crippen molar-refractivity contribution >= 4 is 40.4 Å². The molecule has 0 atom stereocenters. The maximum absolute atomic E-state index is 9.68. The Balaban J connectivity index is 2.50. The summed E-state index contributed by atoms with van der Waals surface area (Å²) in [7, 11) is 0. The molecule has 0 heterocycles. The molecule has 1 aliphatic rings. The molecule has 0 saturated heterocycles. The normalized spacial score (nSPS) is 21.7. The van der Waals surface area contributed by atoms with Crippen molar-refractivity contribution in [1.29, 1.82) is 0 Å². The number of rotatable bonds is 1. The summed E-state index contributed by atoms with van der Waals surface area (Å²) in [6.45, 7) is 0. The monoisotopic (exact) mass is 290 g/mol. The van der Waals surface area contributed by atoms with Gasteiger partial charge < -0.3 is 10.2 Å². The summed E-state index contributed by atoms with van der Waals surface area (Å²) in [6.07, 6.45) is 2.79. The zero-order valence-corrected chi connectivity index (χ0v) is 10.8. The number of aliphatic hydroxyl groups is 2. The van der Waals surface area contributed by atoms with Crippen LogP contribution in [0, 0.1) is 0 Å². The summed E-state index contributed by atoms with van der Waals surface area (Å²) in [5, 5.41) is 19.1. The van der Waals surface area contributed by atoms with E-state index in [1.807, 2.05) is 30.3 Å². The van der Waals surface area contributed by atoms with Crippen molar-refractivity contribution in [1.82, 2.24) is 0 Å². The molecule has 0 radical (unpaired) electrons. The van der Waals surface area contributed by atoms with E-state index in [0.29, 0.717) is 5.57 Å². The highest BCUT2D eigenvalue weighted by atomic mass is 35.5. The Morgan fingerprint density at radius 2 is 1.59 bits per heavy atom. The minimum atomic E-state index is -2.48. The lowest BCUT2D eigenvalue weighted by Gasteiger charge is -2.34. The van der Waals surface area contributed by atoms with Gasteiger partial charge in [-0.25, -0.2) is 0 Å². The second-order valence-corrected chi connectivity index (χ2v) is 5.55. The molecule has 90 valence electrons. The standard InChI is InChI=1S/C12H9Cl3O2/c13-10-6-9(8-4-2-1-3-5-8)7-11(14,15)12(10,16)17/h1-7,16-17H. The highest BCUT2D eigenvalue weighted by Gasteiger charge is 2.50. The Labute approximate surface area is 114 Å². The maximum atomic E-state index is 9.68. The Kier molecular flexibility index (Phi) is 3.27. The Morgan fingerprint density at radius 1 is 1.00 bits per heavy atom. The summed E-state index contributed by atoms with van der Waals surface area (Å²) in [4.78, 5) is 0. The van der Waals surface area contributed by atoms with Crippen LogP contribution in [0.2, 0.25) is 0 Å². The van der Waals surface area contributed by atoms with Crippen molar-refractivity contribution < 1.29 is 10.2 Å². The third-order valence-corrected chi connectivity index (χ3v) is 3.64. The van der Waals surface area contributed by atoms with E-state index in [2.05, 4.69) is 0 Å². The van der Waals surface area contributed by atoms with Crippen molar-refractivity contribution in [2.45, 2.75) is 10.1 Å². The van der Waals surface area contributed by atoms with Gasteiger partial charge in [-0.05, 0) is 23.3 Å². The van der Waals surface area contributed by atoms with Crippen LogP contribution in [-0.4, -0.2) is 20.3 Å². The van der Waals surface area contributed by atoms with Crippen LogP contribution in [0.15, 0.2) is 47.5 Å². The smallest absolute Gasteiger partial charge is 0.238 e. The fourth-order valence-corrected chi connectivity index (χ4v) is 2.33. The van der Waals surface area contributed by atoms with E-state index >= 15 is 0 Å². The van der Waals surface area contributed by atoms with Gasteiger partial charge in [-0.1, -0.05) is 65.1 Å². The fraction of sp³-hybridized carbons (Fsp3) is 0.167. The molecular weight excluding hydrogens is 282 g/mol. The predicted molar refractivity (Wildman–Crippen MR) is 70.0 cm³/mol. The number of benzene rings is 1. The van der Waals surface area contributed by atoms with Crippen LogP contribution in [0.1, 0.15) is 5.56 Å². The van der Waals surface area contributed by atoms with E-state index in [9.17, 15) is 10.2 Å². The number of halogens is 3. The first-order valence-electron chi connectivity index (χ1n) is 4.83. The average molecular weight is 292 g/mol. The second-order valence-electron chi connectivity index (χ2n) is 3.75. The van der Waals surface area contributed by atoms with E-state index in [-0.39, 0.29) is 5.03 Å². The van der Waals surface area contributed by atoms with E-state index in [1.54, 1.807) is 0 Å². The van der Waals surface area contributed by atoms with E-state index in [0.717, 1.165) is 5.56 Å². The van der Waals surface area contributed by atoms with Gasteiger partial charge in [0.25, 0.3) is 0 Å². The van der Waals surface area contributed by atoms with Gasteiger partial charge in [-0.15, -0.1) is 0 Å². The van der Waals surface area contributed by atoms with Crippen molar-refractivity contribution in [2.75, 3.05) is 0 Å². The zero-order valence-electron chi connectivity index (χ0n) is 8.57. The lowest BCUT2D eigenvalue weighted by molar-refractivity contribution is -0.124. The molecule has 2 N–H and O–H groups in total. The van der Waals surface area contributed by atoms with E-state index in [4.69, 9.17) is 34.8 Å². The van der Waals surface area contributed by atoms with Crippen LogP contribution in [0.5, 0.6) is 0 Å². The summed E-state index contributed by atoms with van der Waals surface area (Å²) in [6, 6.07) is 9.26. The van der Waals surface area contributed by atoms with Gasteiger partial charge in [-0.2, -0.15) is 0 Å². The topological polar surface area (TPSA) is 40.5 Å². The van der Waals surface area contributed by atoms with Crippen molar-refractivity contribution in [3.8, 4) is 0 Å². The molecule has 2 nitrogen and oxygen atoms in total. The summed E-state index contributed by atoms with van der Waals surface area (Å²) in [5.41, 5.74) is 1.48. The summed E-state index contributed by atoms with van der Waals surface area (Å²) >= 11 is 17.5. The molecule has 0 spiro atoms. The lowest BCUT2D eigenvalue weighted by Crippen LogP contribution is -2.47. The second kappa shape index (κ2) is 4.30. The quantitative estimate of drug-likeness (QED) is 0.617.